The molecule has 0 saturated carbocycles. The average molecular weight is 466 g/mol. The Morgan fingerprint density at radius 1 is 0.909 bits per heavy atom. The Balaban J connectivity index is 1.82. The van der Waals surface area contributed by atoms with Gasteiger partial charge in [-0.2, -0.15) is 0 Å². The summed E-state index contributed by atoms with van der Waals surface area (Å²) >= 11 is 0. The third kappa shape index (κ3) is 6.20. The van der Waals surface area contributed by atoms with Gasteiger partial charge in [-0.3, -0.25) is 4.79 Å². The molecule has 1 atom stereocenters. The van der Waals surface area contributed by atoms with Gasteiger partial charge >= 0.3 is 6.03 Å². The van der Waals surface area contributed by atoms with Crippen LogP contribution in [0.1, 0.15) is 16.7 Å². The van der Waals surface area contributed by atoms with Crippen molar-refractivity contribution in [2.75, 3.05) is 11.9 Å². The van der Waals surface area contributed by atoms with E-state index in [1.54, 1.807) is 38.2 Å². The molecule has 0 heterocycles. The second-order valence-electron chi connectivity index (χ2n) is 7.82. The van der Waals surface area contributed by atoms with Crippen molar-refractivity contribution >= 4 is 27.6 Å². The van der Waals surface area contributed by atoms with E-state index < -0.39 is 22.1 Å². The molecular formula is C25H27N3O4S. The summed E-state index contributed by atoms with van der Waals surface area (Å²) < 4.78 is 27.4. The van der Waals surface area contributed by atoms with E-state index in [2.05, 4.69) is 5.32 Å². The minimum Gasteiger partial charge on any atom is -0.325 e. The maximum absolute atomic E-state index is 13.3. The minimum atomic E-state index is -4.10. The van der Waals surface area contributed by atoms with Gasteiger partial charge in [0.05, 0.1) is 4.90 Å². The van der Waals surface area contributed by atoms with Crippen molar-refractivity contribution in [1.82, 2.24) is 10.0 Å². The van der Waals surface area contributed by atoms with Crippen LogP contribution in [0.2, 0.25) is 0 Å². The lowest BCUT2D eigenvalue weighted by molar-refractivity contribution is -0.120. The van der Waals surface area contributed by atoms with Gasteiger partial charge in [0.25, 0.3) is 10.0 Å². The molecule has 0 fully saturated rings. The van der Waals surface area contributed by atoms with Gasteiger partial charge in [0, 0.05) is 19.2 Å². The number of nitrogens with zero attached hydrogens (tertiary/aromatic N) is 1. The summed E-state index contributed by atoms with van der Waals surface area (Å²) in [6.45, 7) is 3.57. The van der Waals surface area contributed by atoms with Gasteiger partial charge in [-0.25, -0.2) is 17.9 Å². The number of nitrogens with one attached hydrogen (secondary N) is 2. The molecule has 172 valence electrons. The zero-order valence-electron chi connectivity index (χ0n) is 18.8. The highest BCUT2D eigenvalue weighted by molar-refractivity contribution is 7.90. The lowest BCUT2D eigenvalue weighted by atomic mass is 10.0. The van der Waals surface area contributed by atoms with E-state index in [4.69, 9.17) is 0 Å². The van der Waals surface area contributed by atoms with Gasteiger partial charge in [0.15, 0.2) is 0 Å². The highest BCUT2D eigenvalue weighted by Gasteiger charge is 2.27. The van der Waals surface area contributed by atoms with Crippen LogP contribution in [-0.2, 0) is 21.2 Å². The number of likely N-dealkylation sites (N-methyl/N-ethyl adjacent to an activating group) is 1. The molecule has 0 unspecified atom stereocenters. The number of carbonyl (C=O) groups is 2. The molecule has 0 radical (unpaired) electrons. The van der Waals surface area contributed by atoms with Crippen LogP contribution >= 0.6 is 0 Å². The first-order valence-corrected chi connectivity index (χ1v) is 11.9. The number of carbonyl (C=O) groups excluding carboxylic acids is 2. The summed E-state index contributed by atoms with van der Waals surface area (Å²) in [6.07, 6.45) is 0.202. The van der Waals surface area contributed by atoms with E-state index in [9.17, 15) is 18.0 Å². The molecule has 3 aromatic rings. The predicted octanol–water partition coefficient (Wildman–Crippen LogP) is 3.57. The van der Waals surface area contributed by atoms with Crippen LogP contribution in [0.4, 0.5) is 10.5 Å². The van der Waals surface area contributed by atoms with E-state index in [0.717, 1.165) is 11.1 Å². The normalized spacial score (nSPS) is 12.0. The fourth-order valence-corrected chi connectivity index (χ4v) is 4.63. The van der Waals surface area contributed by atoms with Crippen LogP contribution < -0.4 is 14.9 Å². The maximum atomic E-state index is 13.3. The number of hydrogen-bond donors (Lipinski definition) is 2. The molecule has 0 aromatic heterocycles. The fraction of sp³-hybridized carbons (Fsp3) is 0.200. The van der Waals surface area contributed by atoms with Gasteiger partial charge in [-0.05, 0) is 48.7 Å². The van der Waals surface area contributed by atoms with Crippen LogP contribution in [0.3, 0.4) is 0 Å². The number of sulfonamides is 1. The first-order chi connectivity index (χ1) is 15.7. The summed E-state index contributed by atoms with van der Waals surface area (Å²) in [7, 11) is -2.48. The highest BCUT2D eigenvalue weighted by atomic mass is 32.2. The summed E-state index contributed by atoms with van der Waals surface area (Å²) in [4.78, 5) is 27.5. The number of anilines is 1. The Labute approximate surface area is 194 Å². The van der Waals surface area contributed by atoms with Crippen LogP contribution in [0, 0.1) is 13.8 Å². The molecule has 3 amide bonds. The largest absolute Gasteiger partial charge is 0.329 e. The average Bonchev–Trinajstić information content (AvgIpc) is 2.78. The molecule has 0 aliphatic carbocycles. The van der Waals surface area contributed by atoms with E-state index in [1.165, 1.54) is 11.0 Å². The second-order valence-corrected chi connectivity index (χ2v) is 9.47. The molecule has 8 heteroatoms. The second kappa shape index (κ2) is 10.3. The van der Waals surface area contributed by atoms with Crippen molar-refractivity contribution in [3.63, 3.8) is 0 Å². The maximum Gasteiger partial charge on any atom is 0.329 e. The van der Waals surface area contributed by atoms with Gasteiger partial charge in [-0.15, -0.1) is 0 Å². The Morgan fingerprint density at radius 3 is 2.24 bits per heavy atom. The molecular weight excluding hydrogens is 438 g/mol. The Kier molecular flexibility index (Phi) is 7.50. The summed E-state index contributed by atoms with van der Waals surface area (Å²) in [6, 6.07) is 21.1. The van der Waals surface area contributed by atoms with Crippen LogP contribution in [0.5, 0.6) is 0 Å². The highest BCUT2D eigenvalue weighted by Crippen LogP contribution is 2.17. The summed E-state index contributed by atoms with van der Waals surface area (Å²) in [5.41, 5.74) is 3.00. The zero-order chi connectivity index (χ0) is 24.0. The zero-order valence-corrected chi connectivity index (χ0v) is 19.6. The van der Waals surface area contributed by atoms with Crippen molar-refractivity contribution in [3.8, 4) is 0 Å². The predicted molar refractivity (Wildman–Crippen MR) is 129 cm³/mol. The standard InChI is InChI=1S/C25H27N3O4S/c1-18-10-9-14-21(16-18)28(3)24(29)22(17-20-12-5-4-6-13-20)26-25(30)27-33(31,32)23-15-8-7-11-19(23)2/h4-16,22H,17H2,1-3H3,(H2,26,27,30)/t22-/m0/s1. The van der Waals surface area contributed by atoms with Crippen molar-refractivity contribution in [2.24, 2.45) is 0 Å². The lowest BCUT2D eigenvalue weighted by Gasteiger charge is -2.25. The molecule has 0 aliphatic heterocycles. The first kappa shape index (κ1) is 24.0. The SMILES string of the molecule is Cc1cccc(N(C)C(=O)[C@H](Cc2ccccc2)NC(=O)NS(=O)(=O)c2ccccc2C)c1. The molecule has 2 N–H and O–H groups in total. The summed E-state index contributed by atoms with van der Waals surface area (Å²) in [5.74, 6) is -0.368. The van der Waals surface area contributed by atoms with Gasteiger partial charge in [0.2, 0.25) is 5.91 Å². The van der Waals surface area contributed by atoms with Gasteiger partial charge in [-0.1, -0.05) is 60.7 Å². The van der Waals surface area contributed by atoms with Gasteiger partial charge < -0.3 is 10.2 Å². The van der Waals surface area contributed by atoms with Crippen molar-refractivity contribution < 1.29 is 18.0 Å². The number of hydrogen-bond acceptors (Lipinski definition) is 4. The van der Waals surface area contributed by atoms with Crippen LogP contribution in [-0.4, -0.2) is 33.4 Å². The minimum absolute atomic E-state index is 0.00275. The molecule has 0 bridgehead atoms. The number of aryl methyl sites for hydroxylation is 2. The van der Waals surface area contributed by atoms with Crippen LogP contribution in [0.15, 0.2) is 83.8 Å². The van der Waals surface area contributed by atoms with E-state index in [0.29, 0.717) is 11.3 Å². The topological polar surface area (TPSA) is 95.6 Å². The van der Waals surface area contributed by atoms with Crippen molar-refractivity contribution in [1.29, 1.82) is 0 Å². The lowest BCUT2D eigenvalue weighted by Crippen LogP contribution is -2.52. The molecule has 7 nitrogen and oxygen atoms in total. The van der Waals surface area contributed by atoms with E-state index in [-0.39, 0.29) is 17.2 Å². The molecule has 0 spiro atoms. The molecule has 0 aliphatic rings. The monoisotopic (exact) mass is 465 g/mol. The summed E-state index contributed by atoms with van der Waals surface area (Å²) in [5, 5.41) is 2.56. The van der Waals surface area contributed by atoms with Gasteiger partial charge in [0.1, 0.15) is 6.04 Å². The molecule has 3 aromatic carbocycles. The van der Waals surface area contributed by atoms with E-state index in [1.807, 2.05) is 60.2 Å². The number of rotatable bonds is 7. The molecule has 0 saturated heterocycles. The quantitative estimate of drug-likeness (QED) is 0.558. The first-order valence-electron chi connectivity index (χ1n) is 10.4. The number of urea groups is 1. The molecule has 33 heavy (non-hydrogen) atoms. The Hall–Kier alpha value is -3.65. The Bertz CT molecular complexity index is 1240. The number of amides is 3. The Morgan fingerprint density at radius 2 is 1.58 bits per heavy atom. The third-order valence-corrected chi connectivity index (χ3v) is 6.71. The van der Waals surface area contributed by atoms with Crippen molar-refractivity contribution in [3.05, 3.63) is 95.6 Å². The third-order valence-electron chi connectivity index (χ3n) is 5.22. The van der Waals surface area contributed by atoms with Crippen molar-refractivity contribution in [2.45, 2.75) is 31.2 Å². The van der Waals surface area contributed by atoms with Crippen LogP contribution in [0.25, 0.3) is 0 Å². The molecule has 3 rings (SSSR count). The number of benzene rings is 3. The fourth-order valence-electron chi connectivity index (χ4n) is 3.47. The smallest absolute Gasteiger partial charge is 0.325 e. The van der Waals surface area contributed by atoms with E-state index >= 15 is 0 Å².